The largest absolute Gasteiger partial charge is 0.465 e. The highest BCUT2D eigenvalue weighted by Crippen LogP contribution is 2.07. The number of nitrogens with zero attached hydrogens (tertiary/aromatic N) is 1. The van der Waals surface area contributed by atoms with Gasteiger partial charge in [-0.1, -0.05) is 24.3 Å². The van der Waals surface area contributed by atoms with Crippen LogP contribution in [0.3, 0.4) is 0 Å². The molecule has 4 N–H and O–H groups in total. The molecular formula is C16H23N3O5. The van der Waals surface area contributed by atoms with Gasteiger partial charge >= 0.3 is 12.2 Å². The first kappa shape index (κ1) is 19.4. The highest BCUT2D eigenvalue weighted by molar-refractivity contribution is 6.00. The summed E-state index contributed by atoms with van der Waals surface area (Å²) in [5.41, 5.74) is 1.11. The molecule has 0 heterocycles. The number of carboxylic acid groups (broad SMARTS) is 1. The Balaban J connectivity index is 2.74. The number of nitrogens with one attached hydrogen (secondary N) is 2. The molecule has 0 unspecified atom stereocenters. The van der Waals surface area contributed by atoms with E-state index in [9.17, 15) is 9.59 Å². The highest BCUT2D eigenvalue weighted by atomic mass is 16.6. The van der Waals surface area contributed by atoms with Crippen LogP contribution in [0, 0.1) is 0 Å². The lowest BCUT2D eigenvalue weighted by molar-refractivity contribution is 0.0561. The number of carbonyl (C=O) groups excluding carboxylic acids is 1. The van der Waals surface area contributed by atoms with E-state index in [0.717, 1.165) is 11.1 Å². The Kier molecular flexibility index (Phi) is 7.19. The number of amides is 2. The molecule has 1 rings (SSSR count). The molecule has 0 atom stereocenters. The molecule has 132 valence electrons. The fourth-order valence-corrected chi connectivity index (χ4v) is 1.72. The van der Waals surface area contributed by atoms with Crippen molar-refractivity contribution in [2.45, 2.75) is 39.3 Å². The van der Waals surface area contributed by atoms with Crippen LogP contribution in [-0.4, -0.2) is 40.6 Å². The third-order valence-electron chi connectivity index (χ3n) is 2.69. The number of benzene rings is 1. The van der Waals surface area contributed by atoms with Crippen molar-refractivity contribution in [2.24, 2.45) is 4.99 Å². The number of carbonyl (C=O) groups is 2. The Bertz CT molecular complexity index is 591. The molecule has 1 aromatic rings. The quantitative estimate of drug-likeness (QED) is 0.494. The van der Waals surface area contributed by atoms with Gasteiger partial charge in [-0.2, -0.15) is 0 Å². The Labute approximate surface area is 140 Å². The van der Waals surface area contributed by atoms with E-state index in [2.05, 4.69) is 10.3 Å². The van der Waals surface area contributed by atoms with Crippen molar-refractivity contribution in [3.05, 3.63) is 35.4 Å². The van der Waals surface area contributed by atoms with Gasteiger partial charge in [-0.05, 0) is 38.3 Å². The van der Waals surface area contributed by atoms with Crippen LogP contribution in [-0.2, 0) is 17.7 Å². The smallest absolute Gasteiger partial charge is 0.414 e. The van der Waals surface area contributed by atoms with Crippen LogP contribution in [0.4, 0.5) is 9.59 Å². The van der Waals surface area contributed by atoms with Crippen LogP contribution in [0.2, 0.25) is 0 Å². The fourth-order valence-electron chi connectivity index (χ4n) is 1.72. The minimum atomic E-state index is -1.34. The predicted molar refractivity (Wildman–Crippen MR) is 88.9 cm³/mol. The van der Waals surface area contributed by atoms with Gasteiger partial charge < -0.3 is 14.9 Å². The molecule has 0 bridgehead atoms. The molecule has 0 fully saturated rings. The van der Waals surface area contributed by atoms with E-state index >= 15 is 0 Å². The molecule has 0 aliphatic carbocycles. The van der Waals surface area contributed by atoms with E-state index in [1.54, 1.807) is 20.8 Å². The van der Waals surface area contributed by atoms with Crippen LogP contribution in [0.15, 0.2) is 29.3 Å². The fraction of sp³-hybridized carbons (Fsp3) is 0.438. The first-order chi connectivity index (χ1) is 11.2. The first-order valence-electron chi connectivity index (χ1n) is 7.42. The van der Waals surface area contributed by atoms with Crippen LogP contribution in [0.5, 0.6) is 0 Å². The van der Waals surface area contributed by atoms with Crippen molar-refractivity contribution < 1.29 is 24.5 Å². The van der Waals surface area contributed by atoms with Crippen molar-refractivity contribution >= 4 is 18.1 Å². The van der Waals surface area contributed by atoms with Crippen molar-refractivity contribution in [1.82, 2.24) is 10.6 Å². The Hall–Kier alpha value is -2.61. The van der Waals surface area contributed by atoms with Gasteiger partial charge in [0.2, 0.25) is 5.96 Å². The van der Waals surface area contributed by atoms with Gasteiger partial charge in [0.15, 0.2) is 0 Å². The third-order valence-corrected chi connectivity index (χ3v) is 2.69. The number of aliphatic hydroxyl groups excluding tert-OH is 1. The lowest BCUT2D eigenvalue weighted by Crippen LogP contribution is -2.45. The van der Waals surface area contributed by atoms with E-state index in [0.29, 0.717) is 6.42 Å². The van der Waals surface area contributed by atoms with E-state index in [-0.39, 0.29) is 19.1 Å². The van der Waals surface area contributed by atoms with Crippen molar-refractivity contribution in [1.29, 1.82) is 0 Å². The molecule has 0 spiro atoms. The zero-order valence-corrected chi connectivity index (χ0v) is 14.0. The molecular weight excluding hydrogens is 314 g/mol. The van der Waals surface area contributed by atoms with Crippen molar-refractivity contribution in [3.63, 3.8) is 0 Å². The normalized spacial score (nSPS) is 11.8. The monoisotopic (exact) mass is 337 g/mol. The summed E-state index contributed by atoms with van der Waals surface area (Å²) < 4.78 is 5.06. The number of alkyl carbamates (subject to hydrolysis) is 1. The number of rotatable bonds is 4. The van der Waals surface area contributed by atoms with Crippen LogP contribution >= 0.6 is 0 Å². The van der Waals surface area contributed by atoms with E-state index in [1.807, 2.05) is 29.6 Å². The Morgan fingerprint density at radius 2 is 1.71 bits per heavy atom. The summed E-state index contributed by atoms with van der Waals surface area (Å²) >= 11 is 0. The maximum absolute atomic E-state index is 11.7. The maximum Gasteiger partial charge on any atom is 0.414 e. The van der Waals surface area contributed by atoms with Crippen molar-refractivity contribution in [3.8, 4) is 0 Å². The summed E-state index contributed by atoms with van der Waals surface area (Å²) in [6, 6.07) is 7.35. The van der Waals surface area contributed by atoms with E-state index < -0.39 is 17.8 Å². The van der Waals surface area contributed by atoms with Crippen LogP contribution < -0.4 is 10.6 Å². The molecule has 0 saturated heterocycles. The number of guanidine groups is 1. The zero-order valence-electron chi connectivity index (χ0n) is 14.0. The van der Waals surface area contributed by atoms with E-state index in [4.69, 9.17) is 14.9 Å². The summed E-state index contributed by atoms with van der Waals surface area (Å²) in [5, 5.41) is 22.0. The minimum Gasteiger partial charge on any atom is -0.465 e. The lowest BCUT2D eigenvalue weighted by Gasteiger charge is -2.20. The maximum atomic E-state index is 11.7. The highest BCUT2D eigenvalue weighted by Gasteiger charge is 2.18. The van der Waals surface area contributed by atoms with Crippen LogP contribution in [0.25, 0.3) is 0 Å². The number of aliphatic hydroxyl groups is 1. The average Bonchev–Trinajstić information content (AvgIpc) is 2.44. The zero-order chi connectivity index (χ0) is 18.2. The molecule has 0 radical (unpaired) electrons. The summed E-state index contributed by atoms with van der Waals surface area (Å²) in [4.78, 5) is 26.5. The lowest BCUT2D eigenvalue weighted by atomic mass is 10.1. The average molecular weight is 337 g/mol. The summed E-state index contributed by atoms with van der Waals surface area (Å²) in [6.07, 6.45) is -1.58. The molecule has 8 heteroatoms. The topological polar surface area (TPSA) is 120 Å². The second-order valence-corrected chi connectivity index (χ2v) is 6.01. The van der Waals surface area contributed by atoms with Gasteiger partial charge in [-0.15, -0.1) is 0 Å². The SMILES string of the molecule is CC(C)(C)OC(=O)NC(=NCc1ccc(CCO)cc1)NC(=O)O. The molecule has 0 aliphatic rings. The number of hydrogen-bond donors (Lipinski definition) is 4. The van der Waals surface area contributed by atoms with Gasteiger partial charge in [-0.3, -0.25) is 10.6 Å². The number of hydrogen-bond acceptors (Lipinski definition) is 5. The van der Waals surface area contributed by atoms with Gasteiger partial charge in [-0.25, -0.2) is 14.6 Å². The second-order valence-electron chi connectivity index (χ2n) is 6.01. The Morgan fingerprint density at radius 1 is 1.12 bits per heavy atom. The number of aliphatic imine (C=N–C) groups is 1. The van der Waals surface area contributed by atoms with Gasteiger partial charge in [0.05, 0.1) is 6.54 Å². The predicted octanol–water partition coefficient (Wildman–Crippen LogP) is 1.87. The second kappa shape index (κ2) is 8.88. The third kappa shape index (κ3) is 8.14. The molecule has 24 heavy (non-hydrogen) atoms. The first-order valence-corrected chi connectivity index (χ1v) is 7.42. The van der Waals surface area contributed by atoms with Gasteiger partial charge in [0.25, 0.3) is 0 Å². The molecule has 1 aromatic carbocycles. The summed E-state index contributed by atoms with van der Waals surface area (Å²) in [5.74, 6) is -0.212. The summed E-state index contributed by atoms with van der Waals surface area (Å²) in [7, 11) is 0. The number of ether oxygens (including phenoxy) is 1. The molecule has 0 aromatic heterocycles. The molecule has 2 amide bonds. The molecule has 8 nitrogen and oxygen atoms in total. The molecule has 0 aliphatic heterocycles. The standard InChI is InChI=1S/C16H23N3O5/c1-16(2,3)24-15(23)19-13(18-14(21)22)17-10-12-6-4-11(5-7-12)8-9-20/h4-7,20H,8-10H2,1-3H3,(H,21,22)(H2,17,18,19,23). The van der Waals surface area contributed by atoms with Crippen LogP contribution in [0.1, 0.15) is 31.9 Å². The van der Waals surface area contributed by atoms with Gasteiger partial charge in [0, 0.05) is 6.61 Å². The Morgan fingerprint density at radius 3 is 2.21 bits per heavy atom. The molecule has 0 saturated carbocycles. The van der Waals surface area contributed by atoms with E-state index in [1.165, 1.54) is 0 Å². The summed E-state index contributed by atoms with van der Waals surface area (Å²) in [6.45, 7) is 5.33. The van der Waals surface area contributed by atoms with Gasteiger partial charge in [0.1, 0.15) is 5.60 Å². The van der Waals surface area contributed by atoms with Crippen molar-refractivity contribution in [2.75, 3.05) is 6.61 Å². The minimum absolute atomic E-state index is 0.0734.